The molecule has 0 fully saturated rings. The monoisotopic (exact) mass is 262 g/mol. The first-order valence-corrected chi connectivity index (χ1v) is 7.08. The quantitative estimate of drug-likeness (QED) is 0.813. The molecule has 0 spiro atoms. The summed E-state index contributed by atoms with van der Waals surface area (Å²) in [5, 5.41) is 7.58. The van der Waals surface area contributed by atoms with Crippen LogP contribution < -0.4 is 4.90 Å². The number of rotatable bonds is 6. The lowest BCUT2D eigenvalue weighted by Crippen LogP contribution is -2.25. The zero-order valence-corrected chi connectivity index (χ0v) is 11.6. The minimum atomic E-state index is 0.885. The van der Waals surface area contributed by atoms with Gasteiger partial charge >= 0.3 is 0 Å². The van der Waals surface area contributed by atoms with Gasteiger partial charge in [0, 0.05) is 24.5 Å². The molecule has 2 rings (SSSR count). The highest BCUT2D eigenvalue weighted by Gasteiger charge is 2.05. The van der Waals surface area contributed by atoms with E-state index >= 15 is 0 Å². The van der Waals surface area contributed by atoms with Crippen LogP contribution in [0.4, 0.5) is 5.69 Å². The number of aromatic nitrogens is 3. The third-order valence-electron chi connectivity index (χ3n) is 2.74. The fourth-order valence-corrected chi connectivity index (χ4v) is 2.55. The summed E-state index contributed by atoms with van der Waals surface area (Å²) < 4.78 is 0. The molecule has 0 saturated carbocycles. The van der Waals surface area contributed by atoms with Crippen LogP contribution in [0.3, 0.4) is 0 Å². The van der Waals surface area contributed by atoms with E-state index < -0.39 is 0 Å². The molecule has 0 aliphatic rings. The van der Waals surface area contributed by atoms with E-state index in [9.17, 15) is 0 Å². The van der Waals surface area contributed by atoms with Crippen LogP contribution in [0, 0.1) is 6.92 Å². The molecule has 18 heavy (non-hydrogen) atoms. The van der Waals surface area contributed by atoms with Crippen LogP contribution in [-0.2, 0) is 0 Å². The van der Waals surface area contributed by atoms with Gasteiger partial charge < -0.3 is 4.90 Å². The topological polar surface area (TPSA) is 44.8 Å². The Morgan fingerprint density at radius 3 is 2.94 bits per heavy atom. The molecule has 0 aliphatic heterocycles. The highest BCUT2D eigenvalue weighted by molar-refractivity contribution is 7.99. The highest BCUT2D eigenvalue weighted by Crippen LogP contribution is 2.17. The second-order valence-electron chi connectivity index (χ2n) is 4.06. The molecule has 1 N–H and O–H groups in total. The average Bonchev–Trinajstić information content (AvgIpc) is 2.88. The molecular weight excluding hydrogens is 244 g/mol. The van der Waals surface area contributed by atoms with E-state index in [1.807, 2.05) is 0 Å². The number of aryl methyl sites for hydroxylation is 1. The fourth-order valence-electron chi connectivity index (χ4n) is 1.81. The van der Waals surface area contributed by atoms with Gasteiger partial charge in [-0.2, -0.15) is 5.10 Å². The smallest absolute Gasteiger partial charge is 0.183 e. The van der Waals surface area contributed by atoms with Crippen LogP contribution in [0.15, 0.2) is 35.7 Å². The van der Waals surface area contributed by atoms with E-state index in [2.05, 4.69) is 58.2 Å². The molecule has 0 atom stereocenters. The molecular formula is C13H18N4S. The van der Waals surface area contributed by atoms with Crippen molar-refractivity contribution in [2.24, 2.45) is 0 Å². The molecule has 1 heterocycles. The SMILES string of the molecule is CCN(CCSc1ncn[nH]1)c1cccc(C)c1. The summed E-state index contributed by atoms with van der Waals surface area (Å²) in [6.45, 7) is 6.33. The van der Waals surface area contributed by atoms with Gasteiger partial charge in [0.1, 0.15) is 6.33 Å². The van der Waals surface area contributed by atoms with Gasteiger partial charge in [0.25, 0.3) is 0 Å². The number of thioether (sulfide) groups is 1. The molecule has 2 aromatic rings. The van der Waals surface area contributed by atoms with E-state index in [1.54, 1.807) is 18.1 Å². The standard InChI is InChI=1S/C13H18N4S/c1-3-17(12-6-4-5-11(2)9-12)7-8-18-13-14-10-15-16-13/h4-6,9-10H,3,7-8H2,1-2H3,(H,14,15,16). The Bertz CT molecular complexity index is 470. The number of nitrogens with zero attached hydrogens (tertiary/aromatic N) is 3. The second kappa shape index (κ2) is 6.44. The molecule has 4 nitrogen and oxygen atoms in total. The lowest BCUT2D eigenvalue weighted by Gasteiger charge is -2.23. The Hall–Kier alpha value is -1.49. The van der Waals surface area contributed by atoms with Crippen molar-refractivity contribution in [3.8, 4) is 0 Å². The molecule has 0 amide bonds. The lowest BCUT2D eigenvalue weighted by atomic mass is 10.2. The van der Waals surface area contributed by atoms with Crippen LogP contribution in [0.5, 0.6) is 0 Å². The van der Waals surface area contributed by atoms with Crippen LogP contribution in [0.25, 0.3) is 0 Å². The summed E-state index contributed by atoms with van der Waals surface area (Å²) in [4.78, 5) is 6.47. The summed E-state index contributed by atoms with van der Waals surface area (Å²) in [6, 6.07) is 8.62. The van der Waals surface area contributed by atoms with Crippen molar-refractivity contribution in [2.45, 2.75) is 19.0 Å². The first-order valence-electron chi connectivity index (χ1n) is 6.09. The molecule has 0 unspecified atom stereocenters. The summed E-state index contributed by atoms with van der Waals surface area (Å²) in [5.74, 6) is 0.997. The largest absolute Gasteiger partial charge is 0.371 e. The maximum atomic E-state index is 4.10. The van der Waals surface area contributed by atoms with Crippen LogP contribution >= 0.6 is 11.8 Å². The van der Waals surface area contributed by atoms with Crippen molar-refractivity contribution in [1.29, 1.82) is 0 Å². The number of aromatic amines is 1. The van der Waals surface area contributed by atoms with Gasteiger partial charge in [0.05, 0.1) is 0 Å². The number of H-pyrrole nitrogens is 1. The average molecular weight is 262 g/mol. The Labute approximate surface area is 112 Å². The summed E-state index contributed by atoms with van der Waals surface area (Å²) in [6.07, 6.45) is 1.54. The molecule has 96 valence electrons. The molecule has 0 bridgehead atoms. The van der Waals surface area contributed by atoms with Crippen molar-refractivity contribution in [1.82, 2.24) is 15.2 Å². The van der Waals surface area contributed by atoms with E-state index in [1.165, 1.54) is 11.3 Å². The van der Waals surface area contributed by atoms with Crippen LogP contribution in [0.1, 0.15) is 12.5 Å². The zero-order chi connectivity index (χ0) is 12.8. The molecule has 0 saturated heterocycles. The van der Waals surface area contributed by atoms with E-state index in [-0.39, 0.29) is 0 Å². The molecule has 1 aromatic carbocycles. The van der Waals surface area contributed by atoms with Crippen molar-refractivity contribution in [2.75, 3.05) is 23.7 Å². The maximum absolute atomic E-state index is 4.10. The normalized spacial score (nSPS) is 10.6. The number of benzene rings is 1. The van der Waals surface area contributed by atoms with Crippen LogP contribution in [-0.4, -0.2) is 34.0 Å². The summed E-state index contributed by atoms with van der Waals surface area (Å²) in [7, 11) is 0. The Balaban J connectivity index is 1.89. The van der Waals surface area contributed by atoms with E-state index in [0.29, 0.717) is 0 Å². The Kier molecular flexibility index (Phi) is 4.64. The van der Waals surface area contributed by atoms with Crippen molar-refractivity contribution in [3.63, 3.8) is 0 Å². The predicted octanol–water partition coefficient (Wildman–Crippen LogP) is 2.73. The van der Waals surface area contributed by atoms with Gasteiger partial charge in [-0.25, -0.2) is 4.98 Å². The highest BCUT2D eigenvalue weighted by atomic mass is 32.2. The fraction of sp³-hybridized carbons (Fsp3) is 0.385. The van der Waals surface area contributed by atoms with Crippen molar-refractivity contribution < 1.29 is 0 Å². The molecule has 0 radical (unpaired) electrons. The van der Waals surface area contributed by atoms with Crippen LogP contribution in [0.2, 0.25) is 0 Å². The second-order valence-corrected chi connectivity index (χ2v) is 5.14. The van der Waals surface area contributed by atoms with Gasteiger partial charge in [0.2, 0.25) is 0 Å². The summed E-state index contributed by atoms with van der Waals surface area (Å²) >= 11 is 1.70. The van der Waals surface area contributed by atoms with Gasteiger partial charge in [-0.3, -0.25) is 5.10 Å². The van der Waals surface area contributed by atoms with E-state index in [4.69, 9.17) is 0 Å². The number of hydrogen-bond donors (Lipinski definition) is 1. The number of hydrogen-bond acceptors (Lipinski definition) is 4. The minimum absolute atomic E-state index is 0.885. The first kappa shape index (κ1) is 13.0. The predicted molar refractivity (Wildman–Crippen MR) is 76.2 cm³/mol. The van der Waals surface area contributed by atoms with Gasteiger partial charge in [0.15, 0.2) is 5.16 Å². The van der Waals surface area contributed by atoms with Gasteiger partial charge in [-0.15, -0.1) is 0 Å². The Morgan fingerprint density at radius 2 is 2.28 bits per heavy atom. The Morgan fingerprint density at radius 1 is 1.39 bits per heavy atom. The third kappa shape index (κ3) is 3.50. The zero-order valence-electron chi connectivity index (χ0n) is 10.8. The van der Waals surface area contributed by atoms with Gasteiger partial charge in [-0.05, 0) is 31.5 Å². The molecule has 1 aromatic heterocycles. The molecule has 5 heteroatoms. The van der Waals surface area contributed by atoms with Gasteiger partial charge in [-0.1, -0.05) is 23.9 Å². The third-order valence-corrected chi connectivity index (χ3v) is 3.60. The number of anilines is 1. The minimum Gasteiger partial charge on any atom is -0.371 e. The molecule has 0 aliphatic carbocycles. The maximum Gasteiger partial charge on any atom is 0.183 e. The summed E-state index contributed by atoms with van der Waals surface area (Å²) in [5.41, 5.74) is 2.59. The van der Waals surface area contributed by atoms with E-state index in [0.717, 1.165) is 24.0 Å². The lowest BCUT2D eigenvalue weighted by molar-refractivity contribution is 0.868. The first-order chi connectivity index (χ1) is 8.79. The number of nitrogens with one attached hydrogen (secondary N) is 1. The van der Waals surface area contributed by atoms with Crippen molar-refractivity contribution in [3.05, 3.63) is 36.2 Å². The van der Waals surface area contributed by atoms with Crippen molar-refractivity contribution >= 4 is 17.4 Å².